The number of hydrogen-bond acceptors (Lipinski definition) is 6. The molecule has 3 rings (SSSR count). The van der Waals surface area contributed by atoms with Crippen LogP contribution in [-0.4, -0.2) is 22.5 Å². The number of rotatable bonds is 5. The number of benzene rings is 2. The number of alkyl halides is 3. The molecule has 6 nitrogen and oxygen atoms in total. The summed E-state index contributed by atoms with van der Waals surface area (Å²) >= 11 is 5.74. The molecule has 1 aromatic heterocycles. The van der Waals surface area contributed by atoms with Crippen molar-refractivity contribution in [3.05, 3.63) is 65.0 Å². The van der Waals surface area contributed by atoms with Crippen LogP contribution in [0.25, 0.3) is 11.4 Å². The molecule has 27 heavy (non-hydrogen) atoms. The normalized spacial score (nSPS) is 11.3. The molecule has 0 bridgehead atoms. The number of carbonyl (C=O) groups is 1. The molecule has 3 aromatic rings. The molecule has 0 radical (unpaired) electrons. The quantitative estimate of drug-likeness (QED) is 0.583. The summed E-state index contributed by atoms with van der Waals surface area (Å²) < 4.78 is 50.3. The summed E-state index contributed by atoms with van der Waals surface area (Å²) in [7, 11) is 0. The van der Waals surface area contributed by atoms with Crippen molar-refractivity contribution in [1.29, 1.82) is 0 Å². The Bertz CT molecular complexity index is 925. The van der Waals surface area contributed by atoms with Gasteiger partial charge < -0.3 is 14.0 Å². The number of nitrogens with zero attached hydrogens (tertiary/aromatic N) is 2. The van der Waals surface area contributed by atoms with Crippen LogP contribution in [0.4, 0.5) is 13.2 Å². The van der Waals surface area contributed by atoms with E-state index in [-0.39, 0.29) is 24.1 Å². The summed E-state index contributed by atoms with van der Waals surface area (Å²) in [5.41, 5.74) is 0.711. The highest BCUT2D eigenvalue weighted by atomic mass is 35.5. The van der Waals surface area contributed by atoms with Crippen molar-refractivity contribution >= 4 is 17.6 Å². The molecule has 2 aromatic carbocycles. The Morgan fingerprint density at radius 2 is 1.74 bits per heavy atom. The van der Waals surface area contributed by atoms with Gasteiger partial charge in [-0.1, -0.05) is 16.8 Å². The van der Waals surface area contributed by atoms with E-state index in [1.54, 1.807) is 12.1 Å². The van der Waals surface area contributed by atoms with Crippen LogP contribution in [0.1, 0.15) is 16.2 Å². The molecule has 0 aliphatic rings. The second-order valence-electron chi connectivity index (χ2n) is 5.17. The summed E-state index contributed by atoms with van der Waals surface area (Å²) in [6.45, 7) is -0.260. The van der Waals surface area contributed by atoms with Gasteiger partial charge in [0.15, 0.2) is 6.61 Å². The molecular weight excluding hydrogens is 389 g/mol. The maximum absolute atomic E-state index is 12.2. The van der Waals surface area contributed by atoms with E-state index in [2.05, 4.69) is 14.9 Å². The number of carbonyl (C=O) groups excluding carboxylic acids is 1. The van der Waals surface area contributed by atoms with Crippen molar-refractivity contribution in [3.8, 4) is 17.1 Å². The van der Waals surface area contributed by atoms with E-state index in [0.717, 1.165) is 12.1 Å². The summed E-state index contributed by atoms with van der Waals surface area (Å²) in [6, 6.07) is 11.1. The minimum absolute atomic E-state index is 0.0305. The van der Waals surface area contributed by atoms with Crippen LogP contribution >= 0.6 is 11.6 Å². The topological polar surface area (TPSA) is 74.5 Å². The Hall–Kier alpha value is -3.07. The maximum atomic E-state index is 12.2. The number of hydrogen-bond donors (Lipinski definition) is 0. The van der Waals surface area contributed by atoms with Crippen LogP contribution < -0.4 is 4.74 Å². The molecule has 1 heterocycles. The second kappa shape index (κ2) is 7.67. The number of ether oxygens (including phenoxy) is 2. The lowest BCUT2D eigenvalue weighted by molar-refractivity contribution is -0.274. The molecule has 10 heteroatoms. The third-order valence-corrected chi connectivity index (χ3v) is 3.47. The standard InChI is InChI=1S/C17H10ClF3N2O4/c18-12-5-1-11(2-6-12)16(24)25-9-14-22-15(23-27-14)10-3-7-13(8-4-10)26-17(19,20)21/h1-8H,9H2. The van der Waals surface area contributed by atoms with Gasteiger partial charge in [-0.25, -0.2) is 4.79 Å². The van der Waals surface area contributed by atoms with Crippen LogP contribution in [-0.2, 0) is 11.3 Å². The minimum atomic E-state index is -4.77. The lowest BCUT2D eigenvalue weighted by atomic mass is 10.2. The first-order chi connectivity index (χ1) is 12.8. The first-order valence-corrected chi connectivity index (χ1v) is 7.79. The molecule has 0 aliphatic carbocycles. The number of halogens is 4. The van der Waals surface area contributed by atoms with Gasteiger partial charge in [0.05, 0.1) is 5.56 Å². The largest absolute Gasteiger partial charge is 0.573 e. The molecule has 0 saturated heterocycles. The van der Waals surface area contributed by atoms with E-state index < -0.39 is 12.3 Å². The van der Waals surface area contributed by atoms with E-state index in [9.17, 15) is 18.0 Å². The Balaban J connectivity index is 1.61. The van der Waals surface area contributed by atoms with Gasteiger partial charge in [-0.05, 0) is 48.5 Å². The van der Waals surface area contributed by atoms with Gasteiger partial charge in [-0.15, -0.1) is 13.2 Å². The van der Waals surface area contributed by atoms with Crippen LogP contribution in [0.15, 0.2) is 53.1 Å². The monoisotopic (exact) mass is 398 g/mol. The summed E-state index contributed by atoms with van der Waals surface area (Å²) in [6.07, 6.45) is -4.77. The van der Waals surface area contributed by atoms with Crippen molar-refractivity contribution in [1.82, 2.24) is 10.1 Å². The van der Waals surface area contributed by atoms with E-state index >= 15 is 0 Å². The van der Waals surface area contributed by atoms with Crippen LogP contribution in [0.3, 0.4) is 0 Å². The van der Waals surface area contributed by atoms with Gasteiger partial charge in [0.2, 0.25) is 5.82 Å². The molecule has 140 valence electrons. The second-order valence-corrected chi connectivity index (χ2v) is 5.60. The fourth-order valence-electron chi connectivity index (χ4n) is 2.03. The molecule has 0 saturated carbocycles. The first-order valence-electron chi connectivity index (χ1n) is 7.41. The highest BCUT2D eigenvalue weighted by Gasteiger charge is 2.31. The maximum Gasteiger partial charge on any atom is 0.573 e. The zero-order chi connectivity index (χ0) is 19.4. The molecule has 0 spiro atoms. The molecule has 0 amide bonds. The smallest absolute Gasteiger partial charge is 0.452 e. The van der Waals surface area contributed by atoms with Crippen molar-refractivity contribution in [3.63, 3.8) is 0 Å². The molecule has 0 atom stereocenters. The predicted octanol–water partition coefficient (Wildman–Crippen LogP) is 4.65. The Labute approximate surface area is 155 Å². The third kappa shape index (κ3) is 5.20. The van der Waals surface area contributed by atoms with Crippen LogP contribution in [0.5, 0.6) is 5.75 Å². The summed E-state index contributed by atoms with van der Waals surface area (Å²) in [4.78, 5) is 15.9. The lowest BCUT2D eigenvalue weighted by Gasteiger charge is -2.08. The van der Waals surface area contributed by atoms with Crippen molar-refractivity contribution < 1.29 is 32.0 Å². The van der Waals surface area contributed by atoms with Crippen LogP contribution in [0, 0.1) is 0 Å². The minimum Gasteiger partial charge on any atom is -0.452 e. The van der Waals surface area contributed by atoms with Gasteiger partial charge in [0.25, 0.3) is 5.89 Å². The van der Waals surface area contributed by atoms with E-state index in [4.69, 9.17) is 20.9 Å². The highest BCUT2D eigenvalue weighted by Crippen LogP contribution is 2.25. The van der Waals surface area contributed by atoms with Gasteiger partial charge >= 0.3 is 12.3 Å². The molecule has 0 unspecified atom stereocenters. The van der Waals surface area contributed by atoms with Crippen LogP contribution in [0.2, 0.25) is 5.02 Å². The average Bonchev–Trinajstić information content (AvgIpc) is 3.08. The fraction of sp³-hybridized carbons (Fsp3) is 0.118. The van der Waals surface area contributed by atoms with E-state index in [0.29, 0.717) is 16.1 Å². The average molecular weight is 399 g/mol. The molecule has 0 aliphatic heterocycles. The van der Waals surface area contributed by atoms with Gasteiger partial charge in [-0.3, -0.25) is 0 Å². The van der Waals surface area contributed by atoms with Gasteiger partial charge in [0, 0.05) is 10.6 Å². The zero-order valence-corrected chi connectivity index (χ0v) is 14.1. The summed E-state index contributed by atoms with van der Waals surface area (Å²) in [5, 5.41) is 4.18. The molecular formula is C17H10ClF3N2O4. The number of esters is 1. The highest BCUT2D eigenvalue weighted by molar-refractivity contribution is 6.30. The third-order valence-electron chi connectivity index (χ3n) is 3.22. The SMILES string of the molecule is O=C(OCc1nc(-c2ccc(OC(F)(F)F)cc2)no1)c1ccc(Cl)cc1. The van der Waals surface area contributed by atoms with Crippen molar-refractivity contribution in [2.45, 2.75) is 13.0 Å². The van der Waals surface area contributed by atoms with E-state index in [1.165, 1.54) is 24.3 Å². The van der Waals surface area contributed by atoms with Gasteiger partial charge in [-0.2, -0.15) is 4.98 Å². The molecule has 0 N–H and O–H groups in total. The van der Waals surface area contributed by atoms with Gasteiger partial charge in [0.1, 0.15) is 5.75 Å². The first kappa shape index (κ1) is 18.7. The summed E-state index contributed by atoms with van der Waals surface area (Å²) in [5.74, 6) is -0.805. The van der Waals surface area contributed by atoms with Crippen molar-refractivity contribution in [2.75, 3.05) is 0 Å². The lowest BCUT2D eigenvalue weighted by Crippen LogP contribution is -2.16. The zero-order valence-electron chi connectivity index (χ0n) is 13.4. The van der Waals surface area contributed by atoms with E-state index in [1.807, 2.05) is 0 Å². The molecule has 0 fully saturated rings. The van der Waals surface area contributed by atoms with Crippen molar-refractivity contribution in [2.24, 2.45) is 0 Å². The fourth-order valence-corrected chi connectivity index (χ4v) is 2.16. The Morgan fingerprint density at radius 3 is 2.37 bits per heavy atom. The Kier molecular flexibility index (Phi) is 5.31. The number of aromatic nitrogens is 2. The predicted molar refractivity (Wildman–Crippen MR) is 87.0 cm³/mol. The Morgan fingerprint density at radius 1 is 1.07 bits per heavy atom.